The van der Waals surface area contributed by atoms with Crippen molar-refractivity contribution >= 4 is 27.5 Å². The van der Waals surface area contributed by atoms with Crippen LogP contribution in [0.3, 0.4) is 0 Å². The first-order valence-corrected chi connectivity index (χ1v) is 8.41. The van der Waals surface area contributed by atoms with E-state index in [-0.39, 0.29) is 5.91 Å². The molecule has 3 rings (SSSR count). The van der Waals surface area contributed by atoms with Crippen molar-refractivity contribution in [1.82, 2.24) is 9.88 Å². The van der Waals surface area contributed by atoms with Crippen LogP contribution < -0.4 is 5.32 Å². The lowest BCUT2D eigenvalue weighted by Gasteiger charge is -2.17. The van der Waals surface area contributed by atoms with Crippen LogP contribution in [0, 0.1) is 5.92 Å². The number of aromatic nitrogens is 1. The van der Waals surface area contributed by atoms with E-state index in [2.05, 4.69) is 41.2 Å². The zero-order valence-electron chi connectivity index (χ0n) is 12.2. The largest absolute Gasteiger partial charge is 0.351 e. The maximum absolute atomic E-state index is 12.5. The molecule has 1 fully saturated rings. The molecule has 0 aromatic carbocycles. The highest BCUT2D eigenvalue weighted by atomic mass is 32.1. The Morgan fingerprint density at radius 3 is 2.90 bits per heavy atom. The number of hydrogen-bond donors (Lipinski definition) is 1. The number of amides is 1. The minimum atomic E-state index is 0.0778. The Labute approximate surface area is 124 Å². The molecule has 0 radical (unpaired) electrons. The lowest BCUT2D eigenvalue weighted by Crippen LogP contribution is -2.29. The van der Waals surface area contributed by atoms with Crippen molar-refractivity contribution < 1.29 is 4.79 Å². The standard InChI is InChI=1S/C16H22N2OS/c1-11(2)10-17-16(19)14-9-15-13(7-8-20-15)18(14)12-5-3-4-6-12/h7-9,11-12H,3-6,10H2,1-2H3,(H,17,19). The quantitative estimate of drug-likeness (QED) is 0.899. The highest BCUT2D eigenvalue weighted by Crippen LogP contribution is 2.36. The van der Waals surface area contributed by atoms with E-state index in [0.29, 0.717) is 12.0 Å². The summed E-state index contributed by atoms with van der Waals surface area (Å²) < 4.78 is 3.51. The fraction of sp³-hybridized carbons (Fsp3) is 0.562. The molecule has 2 heterocycles. The van der Waals surface area contributed by atoms with E-state index in [0.717, 1.165) is 12.2 Å². The SMILES string of the molecule is CC(C)CNC(=O)c1cc2sccc2n1C1CCCC1. The summed E-state index contributed by atoms with van der Waals surface area (Å²) in [5, 5.41) is 5.17. The highest BCUT2D eigenvalue weighted by molar-refractivity contribution is 7.17. The second-order valence-corrected chi connectivity index (χ2v) is 7.06. The minimum absolute atomic E-state index is 0.0778. The molecule has 0 atom stereocenters. The van der Waals surface area contributed by atoms with E-state index in [9.17, 15) is 4.79 Å². The summed E-state index contributed by atoms with van der Waals surface area (Å²) in [6, 6.07) is 4.72. The van der Waals surface area contributed by atoms with Crippen LogP contribution in [0.1, 0.15) is 56.1 Å². The molecule has 1 aliphatic carbocycles. The van der Waals surface area contributed by atoms with Crippen LogP contribution in [0.15, 0.2) is 17.5 Å². The van der Waals surface area contributed by atoms with Crippen LogP contribution in [0.4, 0.5) is 0 Å². The first-order valence-electron chi connectivity index (χ1n) is 7.53. The van der Waals surface area contributed by atoms with Crippen molar-refractivity contribution in [2.75, 3.05) is 6.54 Å². The van der Waals surface area contributed by atoms with Crippen molar-refractivity contribution in [2.24, 2.45) is 5.92 Å². The van der Waals surface area contributed by atoms with Crippen LogP contribution >= 0.6 is 11.3 Å². The summed E-state index contributed by atoms with van der Waals surface area (Å²) in [7, 11) is 0. The van der Waals surface area contributed by atoms with Crippen molar-refractivity contribution in [2.45, 2.75) is 45.6 Å². The van der Waals surface area contributed by atoms with Gasteiger partial charge in [0.15, 0.2) is 0 Å². The van der Waals surface area contributed by atoms with E-state index in [1.54, 1.807) is 11.3 Å². The molecule has 1 amide bonds. The van der Waals surface area contributed by atoms with Gasteiger partial charge in [0.25, 0.3) is 5.91 Å². The lowest BCUT2D eigenvalue weighted by molar-refractivity contribution is 0.0938. The second kappa shape index (κ2) is 5.60. The van der Waals surface area contributed by atoms with E-state index in [1.807, 2.05) is 0 Å². The van der Waals surface area contributed by atoms with Crippen molar-refractivity contribution in [1.29, 1.82) is 0 Å². The van der Waals surface area contributed by atoms with Gasteiger partial charge in [-0.05, 0) is 36.3 Å². The number of nitrogens with one attached hydrogen (secondary N) is 1. The van der Waals surface area contributed by atoms with Gasteiger partial charge in [0, 0.05) is 12.6 Å². The number of fused-ring (bicyclic) bond motifs is 1. The van der Waals surface area contributed by atoms with Gasteiger partial charge in [-0.2, -0.15) is 0 Å². The second-order valence-electron chi connectivity index (χ2n) is 6.11. The summed E-state index contributed by atoms with van der Waals surface area (Å²) in [5.74, 6) is 0.559. The Balaban J connectivity index is 1.94. The van der Waals surface area contributed by atoms with Crippen LogP contribution in [-0.4, -0.2) is 17.0 Å². The Hall–Kier alpha value is -1.29. The molecule has 0 spiro atoms. The average Bonchev–Trinajstić information content (AvgIpc) is 3.10. The lowest BCUT2D eigenvalue weighted by atomic mass is 10.2. The van der Waals surface area contributed by atoms with Crippen LogP contribution in [-0.2, 0) is 0 Å². The van der Waals surface area contributed by atoms with E-state index >= 15 is 0 Å². The Bertz CT molecular complexity index is 605. The molecule has 1 N–H and O–H groups in total. The van der Waals surface area contributed by atoms with Gasteiger partial charge < -0.3 is 9.88 Å². The number of thiophene rings is 1. The van der Waals surface area contributed by atoms with Gasteiger partial charge in [-0.15, -0.1) is 11.3 Å². The average molecular weight is 290 g/mol. The van der Waals surface area contributed by atoms with Gasteiger partial charge in [-0.1, -0.05) is 26.7 Å². The van der Waals surface area contributed by atoms with E-state index in [1.165, 1.54) is 35.9 Å². The van der Waals surface area contributed by atoms with E-state index < -0.39 is 0 Å². The van der Waals surface area contributed by atoms with Crippen LogP contribution in [0.2, 0.25) is 0 Å². The van der Waals surface area contributed by atoms with Crippen molar-refractivity contribution in [3.63, 3.8) is 0 Å². The van der Waals surface area contributed by atoms with Gasteiger partial charge in [-0.3, -0.25) is 4.79 Å². The van der Waals surface area contributed by atoms with Gasteiger partial charge >= 0.3 is 0 Å². The number of carbonyl (C=O) groups excluding carboxylic acids is 1. The monoisotopic (exact) mass is 290 g/mol. The normalized spacial score (nSPS) is 16.4. The van der Waals surface area contributed by atoms with E-state index in [4.69, 9.17) is 0 Å². The third kappa shape index (κ3) is 2.49. The zero-order chi connectivity index (χ0) is 14.1. The van der Waals surface area contributed by atoms with Crippen molar-refractivity contribution in [3.05, 3.63) is 23.2 Å². The summed E-state index contributed by atoms with van der Waals surface area (Å²) in [4.78, 5) is 12.5. The summed E-state index contributed by atoms with van der Waals surface area (Å²) in [6.45, 7) is 4.98. The topological polar surface area (TPSA) is 34.0 Å². The fourth-order valence-corrected chi connectivity index (χ4v) is 3.87. The van der Waals surface area contributed by atoms with Crippen LogP contribution in [0.25, 0.3) is 10.2 Å². The molecule has 2 aromatic rings. The molecule has 0 aliphatic heterocycles. The molecule has 108 valence electrons. The zero-order valence-corrected chi connectivity index (χ0v) is 13.0. The van der Waals surface area contributed by atoms with Crippen molar-refractivity contribution in [3.8, 4) is 0 Å². The van der Waals surface area contributed by atoms with Crippen LogP contribution in [0.5, 0.6) is 0 Å². The number of hydrogen-bond acceptors (Lipinski definition) is 2. The predicted molar refractivity (Wildman–Crippen MR) is 84.5 cm³/mol. The maximum atomic E-state index is 12.5. The molecule has 4 heteroatoms. The van der Waals surface area contributed by atoms with Gasteiger partial charge in [0.05, 0.1) is 10.2 Å². The minimum Gasteiger partial charge on any atom is -0.351 e. The number of carbonyl (C=O) groups is 1. The molecule has 3 nitrogen and oxygen atoms in total. The summed E-state index contributed by atoms with van der Waals surface area (Å²) in [6.07, 6.45) is 4.96. The summed E-state index contributed by atoms with van der Waals surface area (Å²) in [5.41, 5.74) is 2.08. The Morgan fingerprint density at radius 2 is 2.20 bits per heavy atom. The number of rotatable bonds is 4. The fourth-order valence-electron chi connectivity index (χ4n) is 3.06. The summed E-state index contributed by atoms with van der Waals surface area (Å²) >= 11 is 1.72. The Kier molecular flexibility index (Phi) is 3.83. The maximum Gasteiger partial charge on any atom is 0.267 e. The van der Waals surface area contributed by atoms with Gasteiger partial charge in [-0.25, -0.2) is 0 Å². The predicted octanol–water partition coefficient (Wildman–Crippen LogP) is 4.20. The first-order chi connectivity index (χ1) is 9.66. The molecule has 0 bridgehead atoms. The highest BCUT2D eigenvalue weighted by Gasteiger charge is 2.24. The first kappa shape index (κ1) is 13.7. The molecular weight excluding hydrogens is 268 g/mol. The van der Waals surface area contributed by atoms with Gasteiger partial charge in [0.2, 0.25) is 0 Å². The molecule has 1 saturated carbocycles. The molecule has 1 aliphatic rings. The molecule has 20 heavy (non-hydrogen) atoms. The molecule has 0 saturated heterocycles. The van der Waals surface area contributed by atoms with Gasteiger partial charge in [0.1, 0.15) is 5.69 Å². The molecular formula is C16H22N2OS. The smallest absolute Gasteiger partial charge is 0.267 e. The molecule has 0 unspecified atom stereocenters. The molecule has 2 aromatic heterocycles. The Morgan fingerprint density at radius 1 is 1.45 bits per heavy atom. The third-order valence-corrected chi connectivity index (χ3v) is 4.91. The number of nitrogens with zero attached hydrogens (tertiary/aromatic N) is 1. The third-order valence-electron chi connectivity index (χ3n) is 4.05.